The van der Waals surface area contributed by atoms with Gasteiger partial charge in [-0.05, 0) is 47.8 Å². The SMILES string of the molecule is CNC(=O)c1ccc(NC(=O)COC(=O)c2cc(-c3cccs3)nn2-c2ccccc2)cc1. The Kier molecular flexibility index (Phi) is 6.61. The lowest BCUT2D eigenvalue weighted by atomic mass is 10.2. The summed E-state index contributed by atoms with van der Waals surface area (Å²) < 4.78 is 6.77. The van der Waals surface area contributed by atoms with Crippen molar-refractivity contribution in [2.45, 2.75) is 0 Å². The first kappa shape index (κ1) is 22.0. The van der Waals surface area contributed by atoms with Gasteiger partial charge in [0.2, 0.25) is 0 Å². The van der Waals surface area contributed by atoms with Gasteiger partial charge < -0.3 is 15.4 Å². The van der Waals surface area contributed by atoms with Crippen LogP contribution < -0.4 is 10.6 Å². The van der Waals surface area contributed by atoms with Gasteiger partial charge in [0.05, 0.1) is 10.6 Å². The molecule has 2 aromatic carbocycles. The van der Waals surface area contributed by atoms with Crippen LogP contribution in [0.25, 0.3) is 16.3 Å². The number of anilines is 1. The Balaban J connectivity index is 1.45. The van der Waals surface area contributed by atoms with Gasteiger partial charge in [-0.3, -0.25) is 9.59 Å². The number of esters is 1. The maximum atomic E-state index is 12.8. The van der Waals surface area contributed by atoms with E-state index < -0.39 is 18.5 Å². The molecule has 2 N–H and O–H groups in total. The number of thiophene rings is 1. The summed E-state index contributed by atoms with van der Waals surface area (Å²) >= 11 is 1.51. The molecule has 33 heavy (non-hydrogen) atoms. The predicted molar refractivity (Wildman–Crippen MR) is 126 cm³/mol. The number of para-hydroxylation sites is 1. The number of ether oxygens (including phenoxy) is 1. The number of amides is 2. The first-order valence-electron chi connectivity index (χ1n) is 10.0. The van der Waals surface area contributed by atoms with E-state index in [0.29, 0.717) is 22.6 Å². The van der Waals surface area contributed by atoms with E-state index in [4.69, 9.17) is 4.74 Å². The van der Waals surface area contributed by atoms with E-state index >= 15 is 0 Å². The summed E-state index contributed by atoms with van der Waals surface area (Å²) in [5, 5.41) is 11.7. The smallest absolute Gasteiger partial charge is 0.357 e. The molecule has 0 unspecified atom stereocenters. The summed E-state index contributed by atoms with van der Waals surface area (Å²) in [6.45, 7) is -0.468. The molecule has 2 heterocycles. The third kappa shape index (κ3) is 5.16. The number of rotatable bonds is 7. The van der Waals surface area contributed by atoms with Gasteiger partial charge in [-0.15, -0.1) is 11.3 Å². The minimum Gasteiger partial charge on any atom is -0.451 e. The number of hydrogen-bond acceptors (Lipinski definition) is 6. The Hall–Kier alpha value is -4.24. The zero-order valence-corrected chi connectivity index (χ0v) is 18.5. The number of benzene rings is 2. The van der Waals surface area contributed by atoms with E-state index in [0.717, 1.165) is 4.88 Å². The van der Waals surface area contributed by atoms with Gasteiger partial charge in [-0.2, -0.15) is 5.10 Å². The van der Waals surface area contributed by atoms with Gasteiger partial charge in [-0.1, -0.05) is 24.3 Å². The zero-order chi connectivity index (χ0) is 23.2. The molecule has 0 bridgehead atoms. The fraction of sp³-hybridized carbons (Fsp3) is 0.0833. The Morgan fingerprint density at radius 2 is 1.76 bits per heavy atom. The van der Waals surface area contributed by atoms with Crippen molar-refractivity contribution in [2.75, 3.05) is 19.0 Å². The molecule has 0 aliphatic heterocycles. The molecule has 0 spiro atoms. The molecule has 4 aromatic rings. The van der Waals surface area contributed by atoms with Gasteiger partial charge in [0.1, 0.15) is 5.69 Å². The normalized spacial score (nSPS) is 10.5. The van der Waals surface area contributed by atoms with Crippen LogP contribution in [0.2, 0.25) is 0 Å². The fourth-order valence-electron chi connectivity index (χ4n) is 3.09. The van der Waals surface area contributed by atoms with E-state index in [-0.39, 0.29) is 11.6 Å². The van der Waals surface area contributed by atoms with Crippen LogP contribution in [0.3, 0.4) is 0 Å². The van der Waals surface area contributed by atoms with E-state index in [1.54, 1.807) is 37.4 Å². The van der Waals surface area contributed by atoms with Gasteiger partial charge in [0.15, 0.2) is 12.3 Å². The molecule has 4 rings (SSSR count). The standard InChI is InChI=1S/C24H20N4O4S/c1-25-23(30)16-9-11-17(12-10-16)26-22(29)15-32-24(31)20-14-19(21-8-5-13-33-21)27-28(20)18-6-3-2-4-7-18/h2-14H,15H2,1H3,(H,25,30)(H,26,29). The first-order chi connectivity index (χ1) is 16.0. The molecule has 9 heteroatoms. The van der Waals surface area contributed by atoms with Gasteiger partial charge in [-0.25, -0.2) is 9.48 Å². The summed E-state index contributed by atoms with van der Waals surface area (Å²) in [5.41, 5.74) is 2.51. The number of hydrogen-bond donors (Lipinski definition) is 2. The molecule has 166 valence electrons. The van der Waals surface area contributed by atoms with Crippen LogP contribution in [0.4, 0.5) is 5.69 Å². The number of aromatic nitrogens is 2. The number of nitrogens with zero attached hydrogens (tertiary/aromatic N) is 2. The Labute approximate surface area is 193 Å². The summed E-state index contributed by atoms with van der Waals surface area (Å²) in [5.74, 6) is -1.39. The molecule has 0 aliphatic carbocycles. The third-order valence-corrected chi connectivity index (χ3v) is 5.58. The Morgan fingerprint density at radius 3 is 2.42 bits per heavy atom. The van der Waals surface area contributed by atoms with Crippen molar-refractivity contribution in [3.05, 3.63) is 89.4 Å². The number of nitrogens with one attached hydrogen (secondary N) is 2. The summed E-state index contributed by atoms with van der Waals surface area (Å²) in [4.78, 5) is 37.6. The van der Waals surface area contributed by atoms with Crippen molar-refractivity contribution in [3.63, 3.8) is 0 Å². The second-order valence-electron chi connectivity index (χ2n) is 6.92. The van der Waals surface area contributed by atoms with Crippen LogP contribution in [0.15, 0.2) is 78.2 Å². The van der Waals surface area contributed by atoms with Crippen molar-refractivity contribution in [2.24, 2.45) is 0 Å². The van der Waals surface area contributed by atoms with Gasteiger partial charge in [0.25, 0.3) is 11.8 Å². The molecule has 0 aliphatic rings. The topological polar surface area (TPSA) is 102 Å². The van der Waals surface area contributed by atoms with Crippen molar-refractivity contribution < 1.29 is 19.1 Å². The second kappa shape index (κ2) is 9.92. The lowest BCUT2D eigenvalue weighted by Crippen LogP contribution is -2.22. The van der Waals surface area contributed by atoms with E-state index in [2.05, 4.69) is 15.7 Å². The highest BCUT2D eigenvalue weighted by Crippen LogP contribution is 2.26. The minimum atomic E-state index is -0.667. The summed E-state index contributed by atoms with van der Waals surface area (Å²) in [6.07, 6.45) is 0. The van der Waals surface area contributed by atoms with Crippen LogP contribution in [-0.2, 0) is 9.53 Å². The minimum absolute atomic E-state index is 0.215. The maximum absolute atomic E-state index is 12.8. The molecular formula is C24H20N4O4S. The van der Waals surface area contributed by atoms with Gasteiger partial charge in [0, 0.05) is 24.4 Å². The van der Waals surface area contributed by atoms with E-state index in [9.17, 15) is 14.4 Å². The average molecular weight is 461 g/mol. The van der Waals surface area contributed by atoms with E-state index in [1.165, 1.54) is 16.0 Å². The van der Waals surface area contributed by atoms with Crippen LogP contribution in [0.1, 0.15) is 20.8 Å². The number of carbonyl (C=O) groups is 3. The fourth-order valence-corrected chi connectivity index (χ4v) is 3.77. The van der Waals surface area contributed by atoms with Crippen LogP contribution in [0.5, 0.6) is 0 Å². The molecular weight excluding hydrogens is 440 g/mol. The van der Waals surface area contributed by atoms with Crippen LogP contribution >= 0.6 is 11.3 Å². The predicted octanol–water partition coefficient (Wildman–Crippen LogP) is 3.76. The molecule has 0 atom stereocenters. The molecule has 0 saturated carbocycles. The highest BCUT2D eigenvalue weighted by Gasteiger charge is 2.20. The third-order valence-electron chi connectivity index (χ3n) is 4.69. The largest absolute Gasteiger partial charge is 0.451 e. The molecule has 0 fully saturated rings. The molecule has 0 saturated heterocycles. The zero-order valence-electron chi connectivity index (χ0n) is 17.6. The molecule has 0 radical (unpaired) electrons. The summed E-state index contributed by atoms with van der Waals surface area (Å²) in [6, 6.07) is 21.1. The van der Waals surface area contributed by atoms with Gasteiger partial charge >= 0.3 is 5.97 Å². The molecule has 8 nitrogen and oxygen atoms in total. The Bertz CT molecular complexity index is 1270. The second-order valence-corrected chi connectivity index (χ2v) is 7.87. The lowest BCUT2D eigenvalue weighted by Gasteiger charge is -2.09. The number of carbonyl (C=O) groups excluding carboxylic acids is 3. The highest BCUT2D eigenvalue weighted by molar-refractivity contribution is 7.13. The van der Waals surface area contributed by atoms with Crippen molar-refractivity contribution in [3.8, 4) is 16.3 Å². The summed E-state index contributed by atoms with van der Waals surface area (Å²) in [7, 11) is 1.54. The van der Waals surface area contributed by atoms with Crippen molar-refractivity contribution in [1.29, 1.82) is 0 Å². The highest BCUT2D eigenvalue weighted by atomic mass is 32.1. The first-order valence-corrected chi connectivity index (χ1v) is 10.9. The average Bonchev–Trinajstić information content (AvgIpc) is 3.53. The maximum Gasteiger partial charge on any atom is 0.357 e. The molecule has 2 amide bonds. The van der Waals surface area contributed by atoms with E-state index in [1.807, 2.05) is 47.8 Å². The Morgan fingerprint density at radius 1 is 1.00 bits per heavy atom. The quantitative estimate of drug-likeness (QED) is 0.409. The van der Waals surface area contributed by atoms with Crippen molar-refractivity contribution in [1.82, 2.24) is 15.1 Å². The van der Waals surface area contributed by atoms with Crippen LogP contribution in [0, 0.1) is 0 Å². The van der Waals surface area contributed by atoms with Crippen LogP contribution in [-0.4, -0.2) is 41.2 Å². The molecule has 2 aromatic heterocycles. The van der Waals surface area contributed by atoms with Crippen molar-refractivity contribution >= 4 is 34.8 Å². The monoisotopic (exact) mass is 460 g/mol. The lowest BCUT2D eigenvalue weighted by molar-refractivity contribution is -0.119.